The highest BCUT2D eigenvalue weighted by Crippen LogP contribution is 2.54. The molecule has 0 saturated carbocycles. The quantitative estimate of drug-likeness (QED) is 0.0804. The highest BCUT2D eigenvalue weighted by Gasteiger charge is 2.51. The molecule has 4 aromatic rings. The number of nitrogens with one attached hydrogen (secondary N) is 1. The molecule has 1 heterocycles. The Hall–Kier alpha value is -3.03. The first-order chi connectivity index (χ1) is 25.1. The number of ether oxygens (including phenoxy) is 4. The fourth-order valence-corrected chi connectivity index (χ4v) is 6.72. The lowest BCUT2D eigenvalue weighted by Gasteiger charge is -2.45. The van der Waals surface area contributed by atoms with Crippen LogP contribution in [0.3, 0.4) is 0 Å². The molecule has 2 N–H and O–H groups in total. The summed E-state index contributed by atoms with van der Waals surface area (Å²) in [7, 11) is -4.49. The molecule has 1 aliphatic rings. The van der Waals surface area contributed by atoms with Crippen LogP contribution in [0.4, 0.5) is 4.79 Å². The number of carbonyl (C=O) groups is 1. The van der Waals surface area contributed by atoms with Crippen LogP contribution in [0.15, 0.2) is 121 Å². The zero-order valence-corrected chi connectivity index (χ0v) is 31.0. The van der Waals surface area contributed by atoms with Gasteiger partial charge in [-0.15, -0.1) is 0 Å². The summed E-state index contributed by atoms with van der Waals surface area (Å²) in [6, 6.07) is 35.4. The van der Waals surface area contributed by atoms with Gasteiger partial charge in [0.05, 0.1) is 33.0 Å². The zero-order chi connectivity index (χ0) is 36.8. The van der Waals surface area contributed by atoms with Crippen LogP contribution in [-0.2, 0) is 63.5 Å². The first-order valence-corrected chi connectivity index (χ1v) is 18.9. The van der Waals surface area contributed by atoms with Crippen molar-refractivity contribution in [2.24, 2.45) is 0 Å². The Balaban J connectivity index is 1.46. The van der Waals surface area contributed by atoms with Crippen molar-refractivity contribution in [2.45, 2.75) is 60.9 Å². The van der Waals surface area contributed by atoms with E-state index in [2.05, 4.69) is 5.32 Å². The predicted octanol–water partition coefficient (Wildman–Crippen LogP) is 7.90. The van der Waals surface area contributed by atoms with Crippen molar-refractivity contribution >= 4 is 48.7 Å². The minimum atomic E-state index is -4.49. The zero-order valence-electron chi connectivity index (χ0n) is 27.9. The van der Waals surface area contributed by atoms with Gasteiger partial charge >= 0.3 is 13.9 Å². The summed E-state index contributed by atoms with van der Waals surface area (Å²) >= 11 is 17.4. The van der Waals surface area contributed by atoms with E-state index in [0.717, 1.165) is 11.1 Å². The van der Waals surface area contributed by atoms with Crippen molar-refractivity contribution in [3.63, 3.8) is 0 Å². The predicted molar refractivity (Wildman–Crippen MR) is 195 cm³/mol. The van der Waals surface area contributed by atoms with E-state index in [1.807, 2.05) is 97.1 Å². The van der Waals surface area contributed by atoms with Gasteiger partial charge in [-0.25, -0.2) is 9.36 Å². The minimum Gasteiger partial charge on any atom is -0.445 e. The number of benzene rings is 4. The lowest BCUT2D eigenvalue weighted by atomic mass is 9.96. The van der Waals surface area contributed by atoms with Crippen LogP contribution in [-0.4, -0.2) is 58.8 Å². The van der Waals surface area contributed by atoms with Gasteiger partial charge in [-0.05, 0) is 22.3 Å². The third-order valence-corrected chi connectivity index (χ3v) is 9.43. The Morgan fingerprint density at radius 3 is 1.65 bits per heavy atom. The maximum atomic E-state index is 14.7. The standard InChI is InChI=1S/C37H39Cl3NO10P/c38-37(39,40)26-47-36(43)41-32-34(46-22-28-15-7-2-8-16-28)33(31(50-35(32)42)25-45-21-27-13-5-1-6-14-27)51-52(44,48-23-29-17-9-3-10-18-29)49-24-30-19-11-4-12-20-30/h1-20,31-35,42H,21-26H2,(H,41,43)/t31-,32-,33-,34-,35?/m1/s1. The van der Waals surface area contributed by atoms with Crippen LogP contribution in [0.25, 0.3) is 0 Å². The largest absolute Gasteiger partial charge is 0.475 e. The molecule has 5 rings (SSSR count). The van der Waals surface area contributed by atoms with Crippen LogP contribution >= 0.6 is 42.6 Å². The SMILES string of the molecule is O=C(N[C@H]1C(O)O[C@H](COCc2ccccc2)[C@@H](OP(=O)(OCc2ccccc2)OCc2ccccc2)[C@@H]1OCc1ccccc1)OCC(Cl)(Cl)Cl. The molecule has 5 atom stereocenters. The summed E-state index contributed by atoms with van der Waals surface area (Å²) in [6.45, 7) is -0.802. The van der Waals surface area contributed by atoms with Gasteiger partial charge in [0.15, 0.2) is 6.29 Å². The van der Waals surface area contributed by atoms with E-state index in [4.69, 9.17) is 67.3 Å². The van der Waals surface area contributed by atoms with Crippen LogP contribution in [0.5, 0.6) is 0 Å². The molecule has 1 unspecified atom stereocenters. The fourth-order valence-electron chi connectivity index (χ4n) is 5.20. The highest BCUT2D eigenvalue weighted by molar-refractivity contribution is 7.48. The van der Waals surface area contributed by atoms with Gasteiger partial charge in [0.25, 0.3) is 0 Å². The lowest BCUT2D eigenvalue weighted by Crippen LogP contribution is -2.65. The van der Waals surface area contributed by atoms with Gasteiger partial charge in [0.2, 0.25) is 3.79 Å². The summed E-state index contributed by atoms with van der Waals surface area (Å²) in [5, 5.41) is 13.9. The summed E-state index contributed by atoms with van der Waals surface area (Å²) in [5.41, 5.74) is 3.06. The van der Waals surface area contributed by atoms with Gasteiger partial charge in [-0.1, -0.05) is 156 Å². The molecule has 278 valence electrons. The molecule has 1 aliphatic heterocycles. The molecule has 1 amide bonds. The Kier molecular flexibility index (Phi) is 15.4. The van der Waals surface area contributed by atoms with Gasteiger partial charge in [0.1, 0.15) is 31.0 Å². The van der Waals surface area contributed by atoms with Crippen molar-refractivity contribution in [3.05, 3.63) is 144 Å². The first-order valence-electron chi connectivity index (χ1n) is 16.3. The maximum Gasteiger partial charge on any atom is 0.475 e. The van der Waals surface area contributed by atoms with Crippen LogP contribution in [0.2, 0.25) is 0 Å². The van der Waals surface area contributed by atoms with E-state index in [-0.39, 0.29) is 33.0 Å². The van der Waals surface area contributed by atoms with Crippen LogP contribution in [0, 0.1) is 0 Å². The Morgan fingerprint density at radius 2 is 1.17 bits per heavy atom. The number of rotatable bonds is 17. The number of hydrogen-bond donors (Lipinski definition) is 2. The molecule has 52 heavy (non-hydrogen) atoms. The van der Waals surface area contributed by atoms with Crippen molar-refractivity contribution in [1.29, 1.82) is 0 Å². The molecule has 1 fully saturated rings. The number of phosphoric acid groups is 1. The van der Waals surface area contributed by atoms with Gasteiger partial charge in [-0.3, -0.25) is 13.6 Å². The molecule has 0 spiro atoms. The molecule has 0 aliphatic carbocycles. The molecule has 1 saturated heterocycles. The summed E-state index contributed by atoms with van der Waals surface area (Å²) < 4.78 is 54.4. The topological polar surface area (TPSA) is 131 Å². The lowest BCUT2D eigenvalue weighted by molar-refractivity contribution is -0.263. The molecule has 15 heteroatoms. The molecule has 4 aromatic carbocycles. The number of carbonyl (C=O) groups excluding carboxylic acids is 1. The smallest absolute Gasteiger partial charge is 0.445 e. The van der Waals surface area contributed by atoms with Crippen molar-refractivity contribution in [3.8, 4) is 0 Å². The van der Waals surface area contributed by atoms with Crippen molar-refractivity contribution < 1.29 is 47.0 Å². The summed E-state index contributed by atoms with van der Waals surface area (Å²) in [6.07, 6.45) is -6.40. The highest BCUT2D eigenvalue weighted by atomic mass is 35.6. The number of alkyl carbamates (subject to hydrolysis) is 1. The second kappa shape index (κ2) is 19.9. The van der Waals surface area contributed by atoms with E-state index in [1.165, 1.54) is 0 Å². The second-order valence-electron chi connectivity index (χ2n) is 11.7. The molecular weight excluding hydrogens is 756 g/mol. The minimum absolute atomic E-state index is 0.00287. The van der Waals surface area contributed by atoms with E-state index >= 15 is 0 Å². The Labute approximate surface area is 317 Å². The maximum absolute atomic E-state index is 14.7. The van der Waals surface area contributed by atoms with Crippen molar-refractivity contribution in [2.75, 3.05) is 13.2 Å². The number of phosphoric ester groups is 1. The van der Waals surface area contributed by atoms with E-state index in [1.54, 1.807) is 24.3 Å². The summed E-state index contributed by atoms with van der Waals surface area (Å²) in [4.78, 5) is 12.9. The molecule has 0 aromatic heterocycles. The average molecular weight is 795 g/mol. The second-order valence-corrected chi connectivity index (χ2v) is 15.9. The number of aliphatic hydroxyl groups is 1. The third-order valence-electron chi connectivity index (χ3n) is 7.71. The number of alkyl halides is 3. The van der Waals surface area contributed by atoms with E-state index in [0.29, 0.717) is 11.1 Å². The van der Waals surface area contributed by atoms with Gasteiger partial charge in [-0.2, -0.15) is 0 Å². The first kappa shape index (κ1) is 40.2. The normalized spacial score (nSPS) is 20.7. The van der Waals surface area contributed by atoms with Crippen LogP contribution in [0.1, 0.15) is 22.3 Å². The van der Waals surface area contributed by atoms with Crippen LogP contribution < -0.4 is 5.32 Å². The average Bonchev–Trinajstić information content (AvgIpc) is 3.15. The number of halogens is 3. The molecule has 0 bridgehead atoms. The Bertz CT molecular complexity index is 1640. The van der Waals surface area contributed by atoms with E-state index < -0.39 is 55.0 Å². The fraction of sp³-hybridized carbons (Fsp3) is 0.324. The monoisotopic (exact) mass is 793 g/mol. The molecule has 0 radical (unpaired) electrons. The number of aliphatic hydroxyl groups excluding tert-OH is 1. The Morgan fingerprint density at radius 1 is 0.712 bits per heavy atom. The number of amides is 1. The molecule has 11 nitrogen and oxygen atoms in total. The molecular formula is C37H39Cl3NO10P. The summed E-state index contributed by atoms with van der Waals surface area (Å²) in [5.74, 6) is 0. The van der Waals surface area contributed by atoms with E-state index in [9.17, 15) is 14.5 Å². The third kappa shape index (κ3) is 13.1. The van der Waals surface area contributed by atoms with Gasteiger partial charge < -0.3 is 29.4 Å². The number of hydrogen-bond acceptors (Lipinski definition) is 10. The van der Waals surface area contributed by atoms with Gasteiger partial charge in [0, 0.05) is 0 Å². The van der Waals surface area contributed by atoms with Crippen molar-refractivity contribution in [1.82, 2.24) is 5.32 Å².